The van der Waals surface area contributed by atoms with Gasteiger partial charge in [0.2, 0.25) is 0 Å². The van der Waals surface area contributed by atoms with Gasteiger partial charge in [-0.2, -0.15) is 0 Å². The molecule has 3 rings (SSSR count). The molecule has 2 aromatic rings. The van der Waals surface area contributed by atoms with Crippen molar-refractivity contribution in [3.8, 4) is 5.75 Å². The normalized spacial score (nSPS) is 13.8. The highest BCUT2D eigenvalue weighted by molar-refractivity contribution is 7.92. The van der Waals surface area contributed by atoms with Crippen molar-refractivity contribution < 1.29 is 23.1 Å². The molecule has 0 aliphatic heterocycles. The molecule has 0 heterocycles. The Bertz CT molecular complexity index is 875. The van der Waals surface area contributed by atoms with E-state index in [0.717, 1.165) is 31.2 Å². The Labute approximate surface area is 146 Å². The summed E-state index contributed by atoms with van der Waals surface area (Å²) in [5, 5.41) is 8.59. The first-order valence-electron chi connectivity index (χ1n) is 8.04. The highest BCUT2D eigenvalue weighted by Gasteiger charge is 2.19. The minimum Gasteiger partial charge on any atom is -0.482 e. The van der Waals surface area contributed by atoms with Crippen molar-refractivity contribution in [2.75, 3.05) is 11.3 Å². The summed E-state index contributed by atoms with van der Waals surface area (Å²) < 4.78 is 32.9. The molecule has 132 valence electrons. The molecule has 0 amide bonds. The summed E-state index contributed by atoms with van der Waals surface area (Å²) in [6, 6.07) is 11.4. The van der Waals surface area contributed by atoms with E-state index in [9.17, 15) is 13.2 Å². The SMILES string of the molecule is O=C(O)COc1ccc(S(=O)(=O)Nc2cccc3c2CCCC3)cc1. The standard InChI is InChI=1S/C18H19NO5S/c20-18(21)12-24-14-8-10-15(11-9-14)25(22,23)19-17-7-3-5-13-4-1-2-6-16(13)17/h3,5,7-11,19H,1-2,4,6,12H2,(H,20,21). The summed E-state index contributed by atoms with van der Waals surface area (Å²) >= 11 is 0. The van der Waals surface area contributed by atoms with Crippen molar-refractivity contribution in [3.05, 3.63) is 53.6 Å². The second-order valence-electron chi connectivity index (χ2n) is 5.91. The first kappa shape index (κ1) is 17.3. The van der Waals surface area contributed by atoms with Crippen molar-refractivity contribution in [1.82, 2.24) is 0 Å². The lowest BCUT2D eigenvalue weighted by molar-refractivity contribution is -0.139. The molecule has 0 spiro atoms. The molecule has 0 saturated carbocycles. The minimum absolute atomic E-state index is 0.101. The number of nitrogens with one attached hydrogen (secondary N) is 1. The van der Waals surface area contributed by atoms with Gasteiger partial charge in [0.1, 0.15) is 5.75 Å². The maximum absolute atomic E-state index is 12.6. The lowest BCUT2D eigenvalue weighted by Crippen LogP contribution is -2.16. The van der Waals surface area contributed by atoms with Crippen LogP contribution in [0.3, 0.4) is 0 Å². The summed E-state index contributed by atoms with van der Waals surface area (Å²) in [6.07, 6.45) is 4.03. The van der Waals surface area contributed by atoms with E-state index in [1.807, 2.05) is 12.1 Å². The van der Waals surface area contributed by atoms with E-state index in [4.69, 9.17) is 9.84 Å². The number of fused-ring (bicyclic) bond motifs is 1. The number of aliphatic carboxylic acids is 1. The molecule has 0 bridgehead atoms. The van der Waals surface area contributed by atoms with Gasteiger partial charge in [-0.05, 0) is 67.1 Å². The van der Waals surface area contributed by atoms with Gasteiger partial charge in [0, 0.05) is 0 Å². The molecule has 1 aliphatic carbocycles. The van der Waals surface area contributed by atoms with Gasteiger partial charge in [-0.3, -0.25) is 4.72 Å². The maximum Gasteiger partial charge on any atom is 0.341 e. The second kappa shape index (κ2) is 7.14. The van der Waals surface area contributed by atoms with Gasteiger partial charge < -0.3 is 9.84 Å². The molecule has 0 radical (unpaired) electrons. The van der Waals surface area contributed by atoms with E-state index in [0.29, 0.717) is 11.4 Å². The first-order valence-corrected chi connectivity index (χ1v) is 9.52. The molecule has 7 heteroatoms. The monoisotopic (exact) mass is 361 g/mol. The quantitative estimate of drug-likeness (QED) is 0.825. The molecular formula is C18H19NO5S. The Morgan fingerprint density at radius 1 is 1.08 bits per heavy atom. The predicted molar refractivity (Wildman–Crippen MR) is 93.5 cm³/mol. The Morgan fingerprint density at radius 2 is 1.80 bits per heavy atom. The maximum atomic E-state index is 12.6. The lowest BCUT2D eigenvalue weighted by Gasteiger charge is -2.20. The fourth-order valence-electron chi connectivity index (χ4n) is 2.94. The van der Waals surface area contributed by atoms with E-state index in [-0.39, 0.29) is 4.90 Å². The summed E-state index contributed by atoms with van der Waals surface area (Å²) in [4.78, 5) is 10.6. The van der Waals surface area contributed by atoms with Gasteiger partial charge in [0.05, 0.1) is 10.6 Å². The van der Waals surface area contributed by atoms with Crippen LogP contribution in [0, 0.1) is 0 Å². The fraction of sp³-hybridized carbons (Fsp3) is 0.278. The van der Waals surface area contributed by atoms with Crippen molar-refractivity contribution in [2.45, 2.75) is 30.6 Å². The van der Waals surface area contributed by atoms with Crippen molar-refractivity contribution in [1.29, 1.82) is 0 Å². The van der Waals surface area contributed by atoms with Crippen LogP contribution in [0.25, 0.3) is 0 Å². The summed E-state index contributed by atoms with van der Waals surface area (Å²) in [6.45, 7) is -0.472. The molecule has 2 N–H and O–H groups in total. The molecule has 2 aromatic carbocycles. The minimum atomic E-state index is -3.72. The number of ether oxygens (including phenoxy) is 1. The average molecular weight is 361 g/mol. The third-order valence-electron chi connectivity index (χ3n) is 4.14. The number of hydrogen-bond acceptors (Lipinski definition) is 4. The van der Waals surface area contributed by atoms with Crippen LogP contribution in [0.5, 0.6) is 5.75 Å². The van der Waals surface area contributed by atoms with Crippen LogP contribution in [-0.4, -0.2) is 26.1 Å². The van der Waals surface area contributed by atoms with Crippen LogP contribution in [-0.2, 0) is 27.7 Å². The molecule has 0 unspecified atom stereocenters. The number of benzene rings is 2. The summed E-state index contributed by atoms with van der Waals surface area (Å²) in [5.41, 5.74) is 2.89. The van der Waals surface area contributed by atoms with Crippen LogP contribution in [0.1, 0.15) is 24.0 Å². The topological polar surface area (TPSA) is 92.7 Å². The molecule has 0 saturated heterocycles. The number of rotatable bonds is 6. The van der Waals surface area contributed by atoms with Crippen LogP contribution in [0.15, 0.2) is 47.4 Å². The van der Waals surface area contributed by atoms with Gasteiger partial charge in [0.25, 0.3) is 10.0 Å². The summed E-state index contributed by atoms with van der Waals surface area (Å²) in [7, 11) is -3.72. The second-order valence-corrected chi connectivity index (χ2v) is 7.59. The largest absolute Gasteiger partial charge is 0.482 e. The molecular weight excluding hydrogens is 342 g/mol. The van der Waals surface area contributed by atoms with E-state index in [1.165, 1.54) is 29.8 Å². The van der Waals surface area contributed by atoms with E-state index >= 15 is 0 Å². The van der Waals surface area contributed by atoms with Crippen LogP contribution < -0.4 is 9.46 Å². The van der Waals surface area contributed by atoms with Crippen LogP contribution >= 0.6 is 0 Å². The van der Waals surface area contributed by atoms with Gasteiger partial charge >= 0.3 is 5.97 Å². The zero-order chi connectivity index (χ0) is 17.9. The number of aryl methyl sites for hydroxylation is 1. The Kier molecular flexibility index (Phi) is 4.94. The van der Waals surface area contributed by atoms with Crippen molar-refractivity contribution in [3.63, 3.8) is 0 Å². The average Bonchev–Trinajstić information content (AvgIpc) is 2.60. The molecule has 0 fully saturated rings. The van der Waals surface area contributed by atoms with Crippen molar-refractivity contribution in [2.24, 2.45) is 0 Å². The van der Waals surface area contributed by atoms with Crippen LogP contribution in [0.2, 0.25) is 0 Å². The summed E-state index contributed by atoms with van der Waals surface area (Å²) in [5.74, 6) is -0.786. The molecule has 0 aromatic heterocycles. The van der Waals surface area contributed by atoms with Gasteiger partial charge in [-0.15, -0.1) is 0 Å². The number of sulfonamides is 1. The number of anilines is 1. The zero-order valence-corrected chi connectivity index (χ0v) is 14.4. The highest BCUT2D eigenvalue weighted by Crippen LogP contribution is 2.29. The van der Waals surface area contributed by atoms with Gasteiger partial charge in [-0.1, -0.05) is 12.1 Å². The Balaban J connectivity index is 1.79. The smallest absolute Gasteiger partial charge is 0.341 e. The fourth-order valence-corrected chi connectivity index (χ4v) is 4.03. The molecule has 25 heavy (non-hydrogen) atoms. The van der Waals surface area contributed by atoms with Crippen LogP contribution in [0.4, 0.5) is 5.69 Å². The zero-order valence-electron chi connectivity index (χ0n) is 13.6. The number of hydrogen-bond donors (Lipinski definition) is 2. The number of carboxylic acids is 1. The Morgan fingerprint density at radius 3 is 2.52 bits per heavy atom. The third kappa shape index (κ3) is 4.11. The first-order chi connectivity index (χ1) is 12.0. The highest BCUT2D eigenvalue weighted by atomic mass is 32.2. The van der Waals surface area contributed by atoms with Gasteiger partial charge in [-0.25, -0.2) is 13.2 Å². The predicted octanol–water partition coefficient (Wildman–Crippen LogP) is 2.83. The lowest BCUT2D eigenvalue weighted by atomic mass is 9.91. The van der Waals surface area contributed by atoms with E-state index in [2.05, 4.69) is 4.72 Å². The number of carboxylic acid groups (broad SMARTS) is 1. The molecule has 6 nitrogen and oxygen atoms in total. The van der Waals surface area contributed by atoms with Crippen molar-refractivity contribution >= 4 is 21.7 Å². The Hall–Kier alpha value is -2.54. The number of carbonyl (C=O) groups is 1. The van der Waals surface area contributed by atoms with E-state index < -0.39 is 22.6 Å². The molecule has 1 aliphatic rings. The van der Waals surface area contributed by atoms with E-state index in [1.54, 1.807) is 6.07 Å². The third-order valence-corrected chi connectivity index (χ3v) is 5.52. The molecule has 0 atom stereocenters. The van der Waals surface area contributed by atoms with Gasteiger partial charge in [0.15, 0.2) is 6.61 Å².